The van der Waals surface area contributed by atoms with Gasteiger partial charge in [0.1, 0.15) is 5.82 Å². The summed E-state index contributed by atoms with van der Waals surface area (Å²) in [5.74, 6) is 0.942. The van der Waals surface area contributed by atoms with E-state index in [2.05, 4.69) is 73.2 Å². The van der Waals surface area contributed by atoms with Crippen molar-refractivity contribution in [3.05, 3.63) is 48.4 Å². The van der Waals surface area contributed by atoms with Gasteiger partial charge in [0.15, 0.2) is 0 Å². The van der Waals surface area contributed by atoms with Crippen molar-refractivity contribution in [2.24, 2.45) is 7.05 Å². The first-order valence-electron chi connectivity index (χ1n) is 8.74. The summed E-state index contributed by atoms with van der Waals surface area (Å²) in [6.07, 6.45) is 3.41. The number of benzene rings is 1. The van der Waals surface area contributed by atoms with Crippen molar-refractivity contribution < 1.29 is 0 Å². The number of fused-ring (bicyclic) bond motifs is 1. The first-order valence-corrected chi connectivity index (χ1v) is 8.74. The number of likely N-dealkylation sites (N-methyl/N-ethyl adjacent to an activating group) is 1. The molecular formula is C20H28N4. The summed E-state index contributed by atoms with van der Waals surface area (Å²) in [6.45, 7) is 12.0. The van der Waals surface area contributed by atoms with Gasteiger partial charge in [0.05, 0.1) is 11.0 Å². The molecule has 24 heavy (non-hydrogen) atoms. The van der Waals surface area contributed by atoms with E-state index in [1.807, 2.05) is 6.07 Å². The number of hydrogen-bond donors (Lipinski definition) is 0. The van der Waals surface area contributed by atoms with Gasteiger partial charge in [-0.1, -0.05) is 18.7 Å². The molecule has 0 aliphatic carbocycles. The topological polar surface area (TPSA) is 24.3 Å². The van der Waals surface area contributed by atoms with Gasteiger partial charge in [0.2, 0.25) is 0 Å². The number of imidazole rings is 1. The van der Waals surface area contributed by atoms with Gasteiger partial charge in [-0.3, -0.25) is 4.90 Å². The molecule has 128 valence electrons. The van der Waals surface area contributed by atoms with Gasteiger partial charge in [-0.2, -0.15) is 0 Å². The zero-order valence-corrected chi connectivity index (χ0v) is 15.3. The lowest BCUT2D eigenvalue weighted by atomic mass is 10.2. The van der Waals surface area contributed by atoms with Crippen LogP contribution in [0.15, 0.2) is 42.6 Å². The van der Waals surface area contributed by atoms with Crippen LogP contribution in [0.4, 0.5) is 0 Å². The third-order valence-corrected chi connectivity index (χ3v) is 4.94. The fraction of sp³-hybridized carbons (Fsp3) is 0.450. The molecule has 0 amide bonds. The number of aromatic nitrogens is 2. The Kier molecular flexibility index (Phi) is 4.76. The van der Waals surface area contributed by atoms with Crippen LogP contribution >= 0.6 is 0 Å². The van der Waals surface area contributed by atoms with Gasteiger partial charge in [-0.15, -0.1) is 0 Å². The zero-order valence-electron chi connectivity index (χ0n) is 15.3. The van der Waals surface area contributed by atoms with Crippen molar-refractivity contribution in [2.45, 2.75) is 26.3 Å². The number of allylic oxidation sites excluding steroid dienone is 2. The Morgan fingerprint density at radius 3 is 2.67 bits per heavy atom. The van der Waals surface area contributed by atoms with Gasteiger partial charge < -0.3 is 9.47 Å². The van der Waals surface area contributed by atoms with Gasteiger partial charge >= 0.3 is 0 Å². The molecular weight excluding hydrogens is 296 g/mol. The van der Waals surface area contributed by atoms with Crippen LogP contribution in [0.1, 0.15) is 26.1 Å². The number of aryl methyl sites for hydroxylation is 1. The van der Waals surface area contributed by atoms with Gasteiger partial charge in [-0.25, -0.2) is 4.98 Å². The van der Waals surface area contributed by atoms with Crippen molar-refractivity contribution in [2.75, 3.05) is 26.7 Å². The summed E-state index contributed by atoms with van der Waals surface area (Å²) in [6, 6.07) is 8.79. The molecule has 1 fully saturated rings. The standard InChI is InChI=1S/C20H28N4/c1-15(2)24-12-8-11-22(4)17(14-24)13-16(3)20-21-18-9-6-7-10-19(18)23(20)5/h6-7,9-10,13,15H,3,8,11-12,14H2,1-2,4-5H3. The lowest BCUT2D eigenvalue weighted by molar-refractivity contribution is 0.246. The molecule has 0 saturated carbocycles. The minimum Gasteiger partial charge on any atom is -0.377 e. The molecule has 0 atom stereocenters. The van der Waals surface area contributed by atoms with Gasteiger partial charge in [-0.05, 0) is 38.5 Å². The second-order valence-corrected chi connectivity index (χ2v) is 6.98. The molecule has 1 aromatic carbocycles. The molecule has 0 N–H and O–H groups in total. The van der Waals surface area contributed by atoms with E-state index >= 15 is 0 Å². The normalized spacial score (nSPS) is 18.5. The average molecular weight is 324 g/mol. The van der Waals surface area contributed by atoms with E-state index < -0.39 is 0 Å². The molecule has 1 aliphatic heterocycles. The van der Waals surface area contributed by atoms with Crippen molar-refractivity contribution in [3.8, 4) is 0 Å². The Balaban J connectivity index is 1.92. The lowest BCUT2D eigenvalue weighted by Gasteiger charge is -2.26. The van der Waals surface area contributed by atoms with Crippen LogP contribution in [0.2, 0.25) is 0 Å². The third-order valence-electron chi connectivity index (χ3n) is 4.94. The summed E-state index contributed by atoms with van der Waals surface area (Å²) in [7, 11) is 4.24. The fourth-order valence-electron chi connectivity index (χ4n) is 3.36. The van der Waals surface area contributed by atoms with E-state index in [0.29, 0.717) is 6.04 Å². The van der Waals surface area contributed by atoms with E-state index in [4.69, 9.17) is 4.98 Å². The maximum atomic E-state index is 4.77. The smallest absolute Gasteiger partial charge is 0.140 e. The van der Waals surface area contributed by atoms with Crippen LogP contribution in [-0.4, -0.2) is 52.1 Å². The average Bonchev–Trinajstić information content (AvgIpc) is 2.78. The number of nitrogens with zero attached hydrogens (tertiary/aromatic N) is 4. The van der Waals surface area contributed by atoms with Crippen molar-refractivity contribution in [1.29, 1.82) is 0 Å². The molecule has 0 radical (unpaired) electrons. The van der Waals surface area contributed by atoms with Crippen molar-refractivity contribution >= 4 is 16.6 Å². The molecule has 1 aliphatic rings. The zero-order chi connectivity index (χ0) is 17.3. The molecule has 2 heterocycles. The molecule has 1 aromatic heterocycles. The van der Waals surface area contributed by atoms with Crippen LogP contribution < -0.4 is 0 Å². The Morgan fingerprint density at radius 1 is 1.21 bits per heavy atom. The van der Waals surface area contributed by atoms with E-state index in [9.17, 15) is 0 Å². The number of para-hydroxylation sites is 2. The van der Waals surface area contributed by atoms with Crippen LogP contribution in [-0.2, 0) is 7.05 Å². The Hall–Kier alpha value is -2.07. The third kappa shape index (κ3) is 3.24. The maximum absolute atomic E-state index is 4.77. The number of hydrogen-bond acceptors (Lipinski definition) is 3. The summed E-state index contributed by atoms with van der Waals surface area (Å²) >= 11 is 0. The Labute approximate surface area is 145 Å². The maximum Gasteiger partial charge on any atom is 0.140 e. The Morgan fingerprint density at radius 2 is 1.96 bits per heavy atom. The predicted octanol–water partition coefficient (Wildman–Crippen LogP) is 3.52. The highest BCUT2D eigenvalue weighted by Crippen LogP contribution is 2.23. The van der Waals surface area contributed by atoms with Crippen LogP contribution in [0.5, 0.6) is 0 Å². The molecule has 0 bridgehead atoms. The van der Waals surface area contributed by atoms with Crippen molar-refractivity contribution in [1.82, 2.24) is 19.4 Å². The first-order chi connectivity index (χ1) is 11.5. The SMILES string of the molecule is C=C(C=C1CN(C(C)C)CCCN1C)c1nc2ccccc2n1C. The van der Waals surface area contributed by atoms with Crippen molar-refractivity contribution in [3.63, 3.8) is 0 Å². The van der Waals surface area contributed by atoms with Crippen LogP contribution in [0.3, 0.4) is 0 Å². The summed E-state index contributed by atoms with van der Waals surface area (Å²) in [4.78, 5) is 9.65. The monoisotopic (exact) mass is 324 g/mol. The molecule has 4 heteroatoms. The highest BCUT2D eigenvalue weighted by atomic mass is 15.2. The lowest BCUT2D eigenvalue weighted by Crippen LogP contribution is -2.33. The highest BCUT2D eigenvalue weighted by Gasteiger charge is 2.19. The molecule has 1 saturated heterocycles. The van der Waals surface area contributed by atoms with Gasteiger partial charge in [0.25, 0.3) is 0 Å². The van der Waals surface area contributed by atoms with Crippen LogP contribution in [0, 0.1) is 0 Å². The fourth-order valence-corrected chi connectivity index (χ4v) is 3.36. The molecule has 0 unspecified atom stereocenters. The highest BCUT2D eigenvalue weighted by molar-refractivity contribution is 5.81. The second-order valence-electron chi connectivity index (χ2n) is 6.98. The molecule has 4 nitrogen and oxygen atoms in total. The molecule has 0 spiro atoms. The first kappa shape index (κ1) is 16.8. The minimum atomic E-state index is 0.559. The second kappa shape index (κ2) is 6.81. The van der Waals surface area contributed by atoms with Crippen LogP contribution in [0.25, 0.3) is 16.6 Å². The largest absolute Gasteiger partial charge is 0.377 e. The predicted molar refractivity (Wildman–Crippen MR) is 102 cm³/mol. The Bertz CT molecular complexity index is 769. The summed E-state index contributed by atoms with van der Waals surface area (Å²) in [5, 5.41) is 0. The summed E-state index contributed by atoms with van der Waals surface area (Å²) in [5.41, 5.74) is 4.46. The van der Waals surface area contributed by atoms with E-state index in [1.165, 1.54) is 12.1 Å². The molecule has 2 aromatic rings. The number of rotatable bonds is 3. The quantitative estimate of drug-likeness (QED) is 0.863. The van der Waals surface area contributed by atoms with E-state index in [0.717, 1.165) is 42.1 Å². The van der Waals surface area contributed by atoms with E-state index in [1.54, 1.807) is 0 Å². The molecule has 3 rings (SSSR count). The van der Waals surface area contributed by atoms with E-state index in [-0.39, 0.29) is 0 Å². The summed E-state index contributed by atoms with van der Waals surface area (Å²) < 4.78 is 2.13. The van der Waals surface area contributed by atoms with Gasteiger partial charge in [0, 0.05) is 51.0 Å². The minimum absolute atomic E-state index is 0.559.